The Hall–Kier alpha value is -2.05. The van der Waals surface area contributed by atoms with Gasteiger partial charge in [0.1, 0.15) is 5.75 Å². The molecule has 0 radical (unpaired) electrons. The van der Waals surface area contributed by atoms with Crippen molar-refractivity contribution in [1.82, 2.24) is 0 Å². The van der Waals surface area contributed by atoms with Crippen molar-refractivity contribution >= 4 is 10.8 Å². The summed E-state index contributed by atoms with van der Waals surface area (Å²) in [4.78, 5) is 0. The maximum absolute atomic E-state index is 9.11. The van der Waals surface area contributed by atoms with Crippen molar-refractivity contribution in [1.29, 1.82) is 5.26 Å². The van der Waals surface area contributed by atoms with E-state index in [0.717, 1.165) is 22.1 Å². The van der Waals surface area contributed by atoms with Crippen molar-refractivity contribution < 1.29 is 9.47 Å². The molecule has 2 aromatic rings. The van der Waals surface area contributed by atoms with E-state index >= 15 is 0 Å². The van der Waals surface area contributed by atoms with Crippen molar-refractivity contribution in [3.8, 4) is 11.8 Å². The molecule has 0 amide bonds. The minimum atomic E-state index is -0.590. The summed E-state index contributed by atoms with van der Waals surface area (Å²) in [6, 6.07) is 11.9. The molecule has 3 heteroatoms. The van der Waals surface area contributed by atoms with Gasteiger partial charge in [-0.05, 0) is 23.6 Å². The summed E-state index contributed by atoms with van der Waals surface area (Å²) in [5.74, 6) is 0.252. The van der Waals surface area contributed by atoms with Crippen molar-refractivity contribution in [3.05, 3.63) is 41.5 Å². The largest absolute Gasteiger partial charge is 0.463 e. The molecule has 0 atom stereocenters. The lowest BCUT2D eigenvalue weighted by atomic mass is 10.0. The number of nitriles is 1. The van der Waals surface area contributed by atoms with Gasteiger partial charge in [0.15, 0.2) is 0 Å². The van der Waals surface area contributed by atoms with E-state index in [-0.39, 0.29) is 0 Å². The topological polar surface area (TPSA) is 42.2 Å². The molecule has 0 fully saturated rings. The fourth-order valence-corrected chi connectivity index (χ4v) is 2.20. The van der Waals surface area contributed by atoms with E-state index in [9.17, 15) is 0 Å². The van der Waals surface area contributed by atoms with Crippen LogP contribution in [0.4, 0.5) is 0 Å². The van der Waals surface area contributed by atoms with Gasteiger partial charge in [-0.1, -0.05) is 12.1 Å². The first-order valence-electron chi connectivity index (χ1n) is 5.88. The highest BCUT2D eigenvalue weighted by Crippen LogP contribution is 2.35. The molecule has 0 saturated heterocycles. The molecule has 0 unspecified atom stereocenters. The zero-order chi connectivity index (χ0) is 12.8. The van der Waals surface area contributed by atoms with E-state index < -0.39 is 5.79 Å². The standard InChI is InChI=1S/C15H13NO2/c1-15(2)17-9-12-6-13-10(7-14(12)18-15)4-3-5-11(13)8-16/h3-7H,9H2,1-2H3. The van der Waals surface area contributed by atoms with Crippen molar-refractivity contribution in [2.45, 2.75) is 26.2 Å². The monoisotopic (exact) mass is 239 g/mol. The normalized spacial score (nSPS) is 16.7. The molecule has 1 aliphatic heterocycles. The van der Waals surface area contributed by atoms with Crippen LogP contribution in [-0.4, -0.2) is 5.79 Å². The summed E-state index contributed by atoms with van der Waals surface area (Å²) in [7, 11) is 0. The fraction of sp³-hybridized carbons (Fsp3) is 0.267. The smallest absolute Gasteiger partial charge is 0.205 e. The predicted molar refractivity (Wildman–Crippen MR) is 68.2 cm³/mol. The second-order valence-corrected chi connectivity index (χ2v) is 4.89. The highest BCUT2D eigenvalue weighted by molar-refractivity contribution is 5.90. The lowest BCUT2D eigenvalue weighted by molar-refractivity contribution is -0.179. The van der Waals surface area contributed by atoms with E-state index in [2.05, 4.69) is 6.07 Å². The number of benzene rings is 2. The number of hydrogen-bond acceptors (Lipinski definition) is 3. The summed E-state index contributed by atoms with van der Waals surface area (Å²) in [5.41, 5.74) is 1.67. The highest BCUT2D eigenvalue weighted by Gasteiger charge is 2.27. The van der Waals surface area contributed by atoms with Gasteiger partial charge in [-0.2, -0.15) is 5.26 Å². The predicted octanol–water partition coefficient (Wildman–Crippen LogP) is 3.36. The molecule has 0 saturated carbocycles. The maximum Gasteiger partial charge on any atom is 0.205 e. The number of ether oxygens (including phenoxy) is 2. The molecule has 3 nitrogen and oxygen atoms in total. The zero-order valence-electron chi connectivity index (χ0n) is 10.4. The number of hydrogen-bond donors (Lipinski definition) is 0. The Kier molecular flexibility index (Phi) is 2.29. The average Bonchev–Trinajstić information content (AvgIpc) is 2.34. The van der Waals surface area contributed by atoms with Crippen molar-refractivity contribution in [2.75, 3.05) is 0 Å². The Morgan fingerprint density at radius 2 is 2.11 bits per heavy atom. The van der Waals surface area contributed by atoms with E-state index in [1.807, 2.05) is 44.2 Å². The second-order valence-electron chi connectivity index (χ2n) is 4.89. The first-order valence-corrected chi connectivity index (χ1v) is 5.88. The van der Waals surface area contributed by atoms with Crippen LogP contribution in [0.5, 0.6) is 5.75 Å². The van der Waals surface area contributed by atoms with Crippen LogP contribution in [0.3, 0.4) is 0 Å². The van der Waals surface area contributed by atoms with Gasteiger partial charge in [-0.15, -0.1) is 0 Å². The van der Waals surface area contributed by atoms with Crippen LogP contribution in [0.25, 0.3) is 10.8 Å². The Balaban J connectivity index is 2.23. The van der Waals surface area contributed by atoms with Gasteiger partial charge in [-0.3, -0.25) is 0 Å². The minimum absolute atomic E-state index is 0.512. The molecular weight excluding hydrogens is 226 g/mol. The van der Waals surface area contributed by atoms with E-state index in [4.69, 9.17) is 14.7 Å². The summed E-state index contributed by atoms with van der Waals surface area (Å²) in [6.07, 6.45) is 0. The van der Waals surface area contributed by atoms with Crippen LogP contribution in [-0.2, 0) is 11.3 Å². The molecule has 3 rings (SSSR count). The van der Waals surface area contributed by atoms with Crippen LogP contribution in [0.1, 0.15) is 25.0 Å². The van der Waals surface area contributed by atoms with Gasteiger partial charge >= 0.3 is 0 Å². The quantitative estimate of drug-likeness (QED) is 0.708. The van der Waals surface area contributed by atoms with Crippen LogP contribution in [0.15, 0.2) is 30.3 Å². The van der Waals surface area contributed by atoms with Crippen LogP contribution in [0.2, 0.25) is 0 Å². The lowest BCUT2D eigenvalue weighted by Crippen LogP contribution is -2.35. The maximum atomic E-state index is 9.11. The Bertz CT molecular complexity index is 668. The third-order valence-electron chi connectivity index (χ3n) is 3.11. The summed E-state index contributed by atoms with van der Waals surface area (Å²) >= 11 is 0. The third kappa shape index (κ3) is 1.71. The summed E-state index contributed by atoms with van der Waals surface area (Å²) in [6.45, 7) is 4.30. The summed E-state index contributed by atoms with van der Waals surface area (Å²) in [5, 5.41) is 11.1. The van der Waals surface area contributed by atoms with E-state index in [1.54, 1.807) is 0 Å². The highest BCUT2D eigenvalue weighted by atomic mass is 16.7. The van der Waals surface area contributed by atoms with Crippen LogP contribution < -0.4 is 4.74 Å². The molecular formula is C15H13NO2. The summed E-state index contributed by atoms with van der Waals surface area (Å²) < 4.78 is 11.4. The van der Waals surface area contributed by atoms with E-state index in [0.29, 0.717) is 12.2 Å². The third-order valence-corrected chi connectivity index (χ3v) is 3.11. The number of nitrogens with zero attached hydrogens (tertiary/aromatic N) is 1. The average molecular weight is 239 g/mol. The molecule has 0 N–H and O–H groups in total. The minimum Gasteiger partial charge on any atom is -0.463 e. The van der Waals surface area contributed by atoms with Gasteiger partial charge in [-0.25, -0.2) is 0 Å². The molecule has 0 bridgehead atoms. The van der Waals surface area contributed by atoms with Gasteiger partial charge in [0.05, 0.1) is 18.2 Å². The fourth-order valence-electron chi connectivity index (χ4n) is 2.20. The first-order chi connectivity index (χ1) is 8.59. The molecule has 0 spiro atoms. The van der Waals surface area contributed by atoms with E-state index in [1.165, 1.54) is 0 Å². The molecule has 1 heterocycles. The van der Waals surface area contributed by atoms with Gasteiger partial charge in [0, 0.05) is 24.8 Å². The molecule has 90 valence electrons. The zero-order valence-corrected chi connectivity index (χ0v) is 10.4. The molecule has 2 aromatic carbocycles. The van der Waals surface area contributed by atoms with Crippen molar-refractivity contribution in [3.63, 3.8) is 0 Å². The van der Waals surface area contributed by atoms with Crippen molar-refractivity contribution in [2.24, 2.45) is 0 Å². The molecule has 1 aliphatic rings. The lowest BCUT2D eigenvalue weighted by Gasteiger charge is -2.32. The SMILES string of the molecule is CC1(C)OCc2cc3c(C#N)cccc3cc2O1. The number of fused-ring (bicyclic) bond motifs is 2. The van der Waals surface area contributed by atoms with Crippen LogP contribution in [0, 0.1) is 11.3 Å². The Labute approximate surface area is 106 Å². The second kappa shape index (κ2) is 3.72. The number of rotatable bonds is 0. The molecule has 18 heavy (non-hydrogen) atoms. The van der Waals surface area contributed by atoms with Gasteiger partial charge in [0.2, 0.25) is 5.79 Å². The molecule has 0 aliphatic carbocycles. The first kappa shape index (κ1) is 11.1. The van der Waals surface area contributed by atoms with Gasteiger partial charge < -0.3 is 9.47 Å². The molecule has 0 aromatic heterocycles. The van der Waals surface area contributed by atoms with Gasteiger partial charge in [0.25, 0.3) is 0 Å². The Morgan fingerprint density at radius 1 is 1.28 bits per heavy atom. The van der Waals surface area contributed by atoms with Crippen LogP contribution >= 0.6 is 0 Å². The Morgan fingerprint density at radius 3 is 2.89 bits per heavy atom.